The predicted molar refractivity (Wildman–Crippen MR) is 63.6 cm³/mol. The van der Waals surface area contributed by atoms with Crippen molar-refractivity contribution in [2.75, 3.05) is 18.2 Å². The van der Waals surface area contributed by atoms with E-state index in [-0.39, 0.29) is 17.2 Å². The summed E-state index contributed by atoms with van der Waals surface area (Å²) in [7, 11) is 1.51. The molecule has 5 nitrogen and oxygen atoms in total. The van der Waals surface area contributed by atoms with Crippen LogP contribution in [-0.4, -0.2) is 34.8 Å². The number of anilines is 1. The van der Waals surface area contributed by atoms with Crippen LogP contribution in [0.5, 0.6) is 0 Å². The van der Waals surface area contributed by atoms with Crippen molar-refractivity contribution in [1.82, 2.24) is 5.01 Å². The lowest BCUT2D eigenvalue weighted by atomic mass is 10.2. The smallest absolute Gasteiger partial charge is 0.337 e. The lowest BCUT2D eigenvalue weighted by Gasteiger charge is -2.19. The molecule has 86 valence electrons. The summed E-state index contributed by atoms with van der Waals surface area (Å²) >= 11 is 3.84. The Kier molecular flexibility index (Phi) is 4.19. The van der Waals surface area contributed by atoms with E-state index in [4.69, 9.17) is 5.11 Å². The van der Waals surface area contributed by atoms with Crippen molar-refractivity contribution in [1.29, 1.82) is 0 Å². The number of rotatable bonds is 4. The Balaban J connectivity index is 2.88. The van der Waals surface area contributed by atoms with Gasteiger partial charge in [-0.15, -0.1) is 0 Å². The van der Waals surface area contributed by atoms with Crippen LogP contribution in [-0.2, 0) is 4.79 Å². The number of carboxylic acids is 1. The number of thiol groups is 1. The Morgan fingerprint density at radius 2 is 2.06 bits per heavy atom. The molecule has 0 saturated carbocycles. The monoisotopic (exact) mass is 240 g/mol. The molecule has 0 aromatic heterocycles. The van der Waals surface area contributed by atoms with Crippen molar-refractivity contribution in [3.8, 4) is 0 Å². The fraction of sp³-hybridized carbons (Fsp3) is 0.200. The largest absolute Gasteiger partial charge is 0.478 e. The van der Waals surface area contributed by atoms with E-state index in [0.717, 1.165) is 0 Å². The lowest BCUT2D eigenvalue weighted by Crippen LogP contribution is -2.33. The molecule has 0 aliphatic heterocycles. The van der Waals surface area contributed by atoms with Gasteiger partial charge in [0.1, 0.15) is 0 Å². The minimum atomic E-state index is -1.05. The van der Waals surface area contributed by atoms with Crippen LogP contribution in [0.3, 0.4) is 0 Å². The zero-order valence-corrected chi connectivity index (χ0v) is 9.57. The van der Waals surface area contributed by atoms with Crippen molar-refractivity contribution in [2.45, 2.75) is 0 Å². The molecule has 0 unspecified atom stereocenters. The first-order chi connectivity index (χ1) is 7.56. The quantitative estimate of drug-likeness (QED) is 0.544. The fourth-order valence-corrected chi connectivity index (χ4v) is 1.33. The van der Waals surface area contributed by atoms with Gasteiger partial charge < -0.3 is 5.11 Å². The Hall–Kier alpha value is -1.69. The highest BCUT2D eigenvalue weighted by atomic mass is 32.1. The van der Waals surface area contributed by atoms with Crippen LogP contribution in [0.4, 0.5) is 5.69 Å². The van der Waals surface area contributed by atoms with Gasteiger partial charge in [-0.2, -0.15) is 12.6 Å². The summed E-state index contributed by atoms with van der Waals surface area (Å²) in [6, 6.07) is 6.36. The second kappa shape index (κ2) is 5.41. The molecule has 2 N–H and O–H groups in total. The van der Waals surface area contributed by atoms with E-state index < -0.39 is 5.97 Å². The van der Waals surface area contributed by atoms with Gasteiger partial charge in [-0.3, -0.25) is 15.2 Å². The zero-order valence-electron chi connectivity index (χ0n) is 8.67. The van der Waals surface area contributed by atoms with E-state index in [1.54, 1.807) is 18.2 Å². The minimum Gasteiger partial charge on any atom is -0.478 e. The standard InChI is InChI=1S/C10H12N2O3S/c1-12(9(13)6-16)11-8-5-3-2-4-7(8)10(14)15/h2-5,11,16H,6H2,1H3,(H,14,15). The third-order valence-electron chi connectivity index (χ3n) is 1.95. The summed E-state index contributed by atoms with van der Waals surface area (Å²) < 4.78 is 0. The van der Waals surface area contributed by atoms with Gasteiger partial charge in [0.2, 0.25) is 5.91 Å². The highest BCUT2D eigenvalue weighted by Crippen LogP contribution is 2.15. The first-order valence-electron chi connectivity index (χ1n) is 4.52. The average molecular weight is 240 g/mol. The highest BCUT2D eigenvalue weighted by molar-refractivity contribution is 7.81. The van der Waals surface area contributed by atoms with Gasteiger partial charge in [-0.25, -0.2) is 4.79 Å². The average Bonchev–Trinajstić information content (AvgIpc) is 2.28. The van der Waals surface area contributed by atoms with E-state index in [1.165, 1.54) is 18.1 Å². The van der Waals surface area contributed by atoms with E-state index in [1.807, 2.05) is 0 Å². The van der Waals surface area contributed by atoms with Crippen molar-refractivity contribution in [3.63, 3.8) is 0 Å². The van der Waals surface area contributed by atoms with E-state index in [2.05, 4.69) is 18.1 Å². The van der Waals surface area contributed by atoms with Gasteiger partial charge in [-0.1, -0.05) is 12.1 Å². The molecule has 0 heterocycles. The molecular weight excluding hydrogens is 228 g/mol. The molecule has 0 aliphatic carbocycles. The van der Waals surface area contributed by atoms with Crippen LogP contribution in [0.15, 0.2) is 24.3 Å². The number of nitrogens with one attached hydrogen (secondary N) is 1. The first-order valence-corrected chi connectivity index (χ1v) is 5.16. The lowest BCUT2D eigenvalue weighted by molar-refractivity contribution is -0.125. The molecule has 0 atom stereocenters. The molecule has 0 radical (unpaired) electrons. The number of hydrogen-bond acceptors (Lipinski definition) is 4. The molecule has 0 spiro atoms. The number of hydrazine groups is 1. The van der Waals surface area contributed by atoms with E-state index in [9.17, 15) is 9.59 Å². The molecule has 0 aliphatic rings. The Bertz CT molecular complexity index is 409. The number of carbonyl (C=O) groups excluding carboxylic acids is 1. The summed E-state index contributed by atoms with van der Waals surface area (Å²) in [4.78, 5) is 22.1. The van der Waals surface area contributed by atoms with Gasteiger partial charge in [0.15, 0.2) is 0 Å². The molecule has 1 amide bonds. The summed E-state index contributed by atoms with van der Waals surface area (Å²) in [6.45, 7) is 0. The van der Waals surface area contributed by atoms with Gasteiger partial charge in [0.25, 0.3) is 0 Å². The number of para-hydroxylation sites is 1. The molecule has 6 heteroatoms. The van der Waals surface area contributed by atoms with Crippen LogP contribution in [0.2, 0.25) is 0 Å². The van der Waals surface area contributed by atoms with E-state index in [0.29, 0.717) is 5.69 Å². The maximum absolute atomic E-state index is 11.2. The Morgan fingerprint density at radius 1 is 1.44 bits per heavy atom. The van der Waals surface area contributed by atoms with Crippen LogP contribution in [0.25, 0.3) is 0 Å². The summed E-state index contributed by atoms with van der Waals surface area (Å²) in [5.74, 6) is -1.24. The van der Waals surface area contributed by atoms with Crippen LogP contribution in [0, 0.1) is 0 Å². The SMILES string of the molecule is CN(Nc1ccccc1C(=O)O)C(=O)CS. The highest BCUT2D eigenvalue weighted by Gasteiger charge is 2.12. The third-order valence-corrected chi connectivity index (χ3v) is 2.23. The van der Waals surface area contributed by atoms with Crippen molar-refractivity contribution >= 4 is 30.2 Å². The van der Waals surface area contributed by atoms with Crippen molar-refractivity contribution in [2.24, 2.45) is 0 Å². The molecular formula is C10H12N2O3S. The molecule has 0 bridgehead atoms. The topological polar surface area (TPSA) is 69.6 Å². The molecule has 1 aromatic carbocycles. The van der Waals surface area contributed by atoms with Crippen LogP contribution < -0.4 is 5.43 Å². The molecule has 0 saturated heterocycles. The first kappa shape index (κ1) is 12.4. The number of carbonyl (C=O) groups is 2. The Labute approximate surface area is 98.4 Å². The maximum Gasteiger partial charge on any atom is 0.337 e. The molecule has 1 rings (SSSR count). The third kappa shape index (κ3) is 2.90. The zero-order chi connectivity index (χ0) is 12.1. The summed E-state index contributed by atoms with van der Waals surface area (Å²) in [6.07, 6.45) is 0. The van der Waals surface area contributed by atoms with Gasteiger partial charge in [0, 0.05) is 7.05 Å². The maximum atomic E-state index is 11.2. The molecule has 16 heavy (non-hydrogen) atoms. The normalized spacial score (nSPS) is 9.62. The number of aromatic carboxylic acids is 1. The van der Waals surface area contributed by atoms with Crippen molar-refractivity contribution in [3.05, 3.63) is 29.8 Å². The Morgan fingerprint density at radius 3 is 2.62 bits per heavy atom. The van der Waals surface area contributed by atoms with Crippen LogP contribution >= 0.6 is 12.6 Å². The van der Waals surface area contributed by atoms with Gasteiger partial charge in [0.05, 0.1) is 17.0 Å². The predicted octanol–water partition coefficient (Wildman–Crippen LogP) is 1.10. The second-order valence-corrected chi connectivity index (χ2v) is 3.39. The van der Waals surface area contributed by atoms with Gasteiger partial charge >= 0.3 is 5.97 Å². The van der Waals surface area contributed by atoms with Crippen molar-refractivity contribution < 1.29 is 14.7 Å². The minimum absolute atomic E-state index is 0.0543. The fourth-order valence-electron chi connectivity index (χ4n) is 1.12. The summed E-state index contributed by atoms with van der Waals surface area (Å²) in [5, 5.41) is 10.1. The van der Waals surface area contributed by atoms with Gasteiger partial charge in [-0.05, 0) is 12.1 Å². The number of amides is 1. The number of benzene rings is 1. The summed E-state index contributed by atoms with van der Waals surface area (Å²) in [5.41, 5.74) is 3.18. The number of nitrogens with zero attached hydrogens (tertiary/aromatic N) is 1. The molecule has 1 aromatic rings. The van der Waals surface area contributed by atoms with Crippen LogP contribution in [0.1, 0.15) is 10.4 Å². The number of hydrogen-bond donors (Lipinski definition) is 3. The molecule has 0 fully saturated rings. The second-order valence-electron chi connectivity index (χ2n) is 3.07. The number of carboxylic acid groups (broad SMARTS) is 1. The van der Waals surface area contributed by atoms with E-state index >= 15 is 0 Å².